The van der Waals surface area contributed by atoms with Crippen LogP contribution in [0.1, 0.15) is 35.5 Å². The maximum Gasteiger partial charge on any atom is 0.249 e. The molecule has 0 aliphatic carbocycles. The Bertz CT molecular complexity index is 523. The molecule has 1 aromatic heterocycles. The van der Waals surface area contributed by atoms with Gasteiger partial charge < -0.3 is 9.26 Å². The fourth-order valence-electron chi connectivity index (χ4n) is 2.23. The molecule has 100 valence electrons. The molecular formula is C14H15ClN2O2. The zero-order valence-corrected chi connectivity index (χ0v) is 11.2. The molecule has 1 aliphatic rings. The van der Waals surface area contributed by atoms with Gasteiger partial charge in [0.2, 0.25) is 5.89 Å². The highest BCUT2D eigenvalue weighted by atomic mass is 35.5. The minimum absolute atomic E-state index is 0.218. The molecule has 2 heterocycles. The highest BCUT2D eigenvalue weighted by Crippen LogP contribution is 2.27. The molecule has 4 nitrogen and oxygen atoms in total. The lowest BCUT2D eigenvalue weighted by molar-refractivity contribution is 0.109. The zero-order valence-electron chi connectivity index (χ0n) is 10.5. The van der Waals surface area contributed by atoms with Crippen LogP contribution in [0.15, 0.2) is 34.9 Å². The van der Waals surface area contributed by atoms with Crippen LogP contribution < -0.4 is 0 Å². The summed E-state index contributed by atoms with van der Waals surface area (Å²) in [5.41, 5.74) is 0.955. The summed E-state index contributed by atoms with van der Waals surface area (Å²) in [6, 6.07) is 9.72. The first-order valence-corrected chi connectivity index (χ1v) is 6.89. The Morgan fingerprint density at radius 2 is 2.16 bits per heavy atom. The topological polar surface area (TPSA) is 48.2 Å². The third-order valence-electron chi connectivity index (χ3n) is 3.23. The SMILES string of the molecule is ClC(c1ccccc1)c1nc(CC2CCCO2)no1. The molecule has 1 fully saturated rings. The summed E-state index contributed by atoms with van der Waals surface area (Å²) in [7, 11) is 0. The number of ether oxygens (including phenoxy) is 1. The second kappa shape index (κ2) is 5.72. The molecule has 1 aliphatic heterocycles. The molecular weight excluding hydrogens is 264 g/mol. The van der Waals surface area contributed by atoms with Gasteiger partial charge in [0.15, 0.2) is 5.82 Å². The number of hydrogen-bond acceptors (Lipinski definition) is 4. The van der Waals surface area contributed by atoms with Crippen LogP contribution in [0.25, 0.3) is 0 Å². The Hall–Kier alpha value is -1.39. The van der Waals surface area contributed by atoms with Gasteiger partial charge in [-0.2, -0.15) is 4.98 Å². The Kier molecular flexibility index (Phi) is 3.80. The Morgan fingerprint density at radius 3 is 2.89 bits per heavy atom. The van der Waals surface area contributed by atoms with Gasteiger partial charge in [0.25, 0.3) is 0 Å². The van der Waals surface area contributed by atoms with E-state index in [1.54, 1.807) is 0 Å². The molecule has 19 heavy (non-hydrogen) atoms. The van der Waals surface area contributed by atoms with Gasteiger partial charge in [0, 0.05) is 13.0 Å². The molecule has 0 radical (unpaired) electrons. The van der Waals surface area contributed by atoms with Crippen LogP contribution in [0, 0.1) is 0 Å². The van der Waals surface area contributed by atoms with E-state index in [0.717, 1.165) is 25.0 Å². The molecule has 0 amide bonds. The van der Waals surface area contributed by atoms with E-state index in [2.05, 4.69) is 10.1 Å². The Balaban J connectivity index is 1.70. The molecule has 0 N–H and O–H groups in total. The molecule has 0 spiro atoms. The summed E-state index contributed by atoms with van der Waals surface area (Å²) in [6.07, 6.45) is 3.09. The predicted molar refractivity (Wildman–Crippen MR) is 71.1 cm³/mol. The lowest BCUT2D eigenvalue weighted by atomic mass is 10.1. The maximum absolute atomic E-state index is 6.33. The van der Waals surface area contributed by atoms with Crippen molar-refractivity contribution in [3.63, 3.8) is 0 Å². The van der Waals surface area contributed by atoms with Crippen molar-refractivity contribution in [2.75, 3.05) is 6.61 Å². The van der Waals surface area contributed by atoms with Crippen molar-refractivity contribution in [1.29, 1.82) is 0 Å². The normalized spacial score (nSPS) is 20.6. The van der Waals surface area contributed by atoms with Crippen LogP contribution in [0.5, 0.6) is 0 Å². The minimum Gasteiger partial charge on any atom is -0.378 e. The second-order valence-corrected chi connectivity index (χ2v) is 5.10. The van der Waals surface area contributed by atoms with Crippen molar-refractivity contribution in [3.8, 4) is 0 Å². The lowest BCUT2D eigenvalue weighted by Crippen LogP contribution is -2.10. The van der Waals surface area contributed by atoms with Gasteiger partial charge in [-0.25, -0.2) is 0 Å². The van der Waals surface area contributed by atoms with Gasteiger partial charge in [0.05, 0.1) is 6.10 Å². The predicted octanol–water partition coefficient (Wildman–Crippen LogP) is 3.12. The number of hydrogen-bond donors (Lipinski definition) is 0. The molecule has 2 unspecified atom stereocenters. The summed E-state index contributed by atoms with van der Waals surface area (Å²) < 4.78 is 10.8. The van der Waals surface area contributed by atoms with Crippen LogP contribution >= 0.6 is 11.6 Å². The van der Waals surface area contributed by atoms with Gasteiger partial charge in [0.1, 0.15) is 5.38 Å². The zero-order chi connectivity index (χ0) is 13.1. The van der Waals surface area contributed by atoms with Crippen molar-refractivity contribution >= 4 is 11.6 Å². The second-order valence-electron chi connectivity index (χ2n) is 4.66. The third-order valence-corrected chi connectivity index (χ3v) is 3.67. The molecule has 3 rings (SSSR count). The minimum atomic E-state index is -0.396. The first-order chi connectivity index (χ1) is 9.33. The molecule has 1 aromatic carbocycles. The molecule has 0 bridgehead atoms. The number of benzene rings is 1. The highest BCUT2D eigenvalue weighted by Gasteiger charge is 2.22. The number of halogens is 1. The maximum atomic E-state index is 6.33. The molecule has 5 heteroatoms. The van der Waals surface area contributed by atoms with Crippen molar-refractivity contribution in [3.05, 3.63) is 47.6 Å². The quantitative estimate of drug-likeness (QED) is 0.806. The van der Waals surface area contributed by atoms with Crippen molar-refractivity contribution < 1.29 is 9.26 Å². The van der Waals surface area contributed by atoms with Crippen molar-refractivity contribution in [1.82, 2.24) is 10.1 Å². The molecule has 2 atom stereocenters. The number of alkyl halides is 1. The first kappa shape index (κ1) is 12.6. The van der Waals surface area contributed by atoms with Crippen LogP contribution in [-0.2, 0) is 11.2 Å². The first-order valence-electron chi connectivity index (χ1n) is 6.46. The Morgan fingerprint density at radius 1 is 1.32 bits per heavy atom. The van der Waals surface area contributed by atoms with E-state index >= 15 is 0 Å². The molecule has 0 saturated carbocycles. The number of nitrogens with zero attached hydrogens (tertiary/aromatic N) is 2. The Labute approximate surface area is 116 Å². The summed E-state index contributed by atoms with van der Waals surface area (Å²) in [4.78, 5) is 4.36. The van der Waals surface area contributed by atoms with Gasteiger partial charge in [-0.3, -0.25) is 0 Å². The summed E-state index contributed by atoms with van der Waals surface area (Å²) in [5.74, 6) is 1.12. The van der Waals surface area contributed by atoms with E-state index < -0.39 is 5.38 Å². The molecule has 1 saturated heterocycles. The average molecular weight is 279 g/mol. The van der Waals surface area contributed by atoms with Crippen molar-refractivity contribution in [2.45, 2.75) is 30.7 Å². The highest BCUT2D eigenvalue weighted by molar-refractivity contribution is 6.22. The van der Waals surface area contributed by atoms with Crippen LogP contribution in [0.3, 0.4) is 0 Å². The standard InChI is InChI=1S/C14H15ClN2O2/c15-13(10-5-2-1-3-6-10)14-16-12(17-19-14)9-11-7-4-8-18-11/h1-3,5-6,11,13H,4,7-9H2. The number of rotatable bonds is 4. The van der Waals surface area contributed by atoms with Crippen molar-refractivity contribution in [2.24, 2.45) is 0 Å². The summed E-state index contributed by atoms with van der Waals surface area (Å²) in [5, 5.41) is 3.58. The van der Waals surface area contributed by atoms with E-state index in [4.69, 9.17) is 20.9 Å². The van der Waals surface area contributed by atoms with E-state index in [1.807, 2.05) is 30.3 Å². The van der Waals surface area contributed by atoms with Crippen LogP contribution in [0.2, 0.25) is 0 Å². The third kappa shape index (κ3) is 2.96. The van der Waals surface area contributed by atoms with Gasteiger partial charge >= 0.3 is 0 Å². The largest absolute Gasteiger partial charge is 0.378 e. The van der Waals surface area contributed by atoms with Crippen LogP contribution in [-0.4, -0.2) is 22.9 Å². The van der Waals surface area contributed by atoms with Crippen LogP contribution in [0.4, 0.5) is 0 Å². The van der Waals surface area contributed by atoms with E-state index in [0.29, 0.717) is 18.1 Å². The lowest BCUT2D eigenvalue weighted by Gasteiger charge is -2.04. The average Bonchev–Trinajstić information content (AvgIpc) is 3.11. The summed E-state index contributed by atoms with van der Waals surface area (Å²) >= 11 is 6.33. The van der Waals surface area contributed by atoms with Gasteiger partial charge in [-0.1, -0.05) is 35.5 Å². The summed E-state index contributed by atoms with van der Waals surface area (Å²) in [6.45, 7) is 0.831. The molecule has 2 aromatic rings. The fourth-order valence-corrected chi connectivity index (χ4v) is 2.46. The van der Waals surface area contributed by atoms with E-state index in [9.17, 15) is 0 Å². The smallest absolute Gasteiger partial charge is 0.249 e. The van der Waals surface area contributed by atoms with E-state index in [1.165, 1.54) is 0 Å². The fraction of sp³-hybridized carbons (Fsp3) is 0.429. The van der Waals surface area contributed by atoms with Gasteiger partial charge in [-0.05, 0) is 18.4 Å². The monoisotopic (exact) mass is 278 g/mol. The number of aromatic nitrogens is 2. The van der Waals surface area contributed by atoms with E-state index in [-0.39, 0.29) is 6.10 Å². The van der Waals surface area contributed by atoms with Gasteiger partial charge in [-0.15, -0.1) is 11.6 Å².